The van der Waals surface area contributed by atoms with E-state index in [2.05, 4.69) is 54.4 Å². The Morgan fingerprint density at radius 2 is 2.17 bits per heavy atom. The number of nitrogens with one attached hydrogen (secondary N) is 1. The number of hydrogen-bond donors (Lipinski definition) is 1. The molecule has 2 rings (SSSR count). The molecule has 7 heteroatoms. The van der Waals surface area contributed by atoms with Gasteiger partial charge < -0.3 is 15.1 Å². The first kappa shape index (κ1) is 20.2. The first-order valence-corrected chi connectivity index (χ1v) is 8.53. The second-order valence-electron chi connectivity index (χ2n) is 6.51. The first-order chi connectivity index (χ1) is 10.3. The van der Waals surface area contributed by atoms with E-state index in [1.165, 1.54) is 4.88 Å². The van der Waals surface area contributed by atoms with Gasteiger partial charge in [0.05, 0.1) is 18.6 Å². The van der Waals surface area contributed by atoms with Crippen LogP contribution in [0.15, 0.2) is 22.5 Å². The summed E-state index contributed by atoms with van der Waals surface area (Å²) in [5.41, 5.74) is -0.204. The normalized spacial score (nSPS) is 18.2. The zero-order valence-electron chi connectivity index (χ0n) is 14.5. The molecule has 23 heavy (non-hydrogen) atoms. The monoisotopic (exact) mass is 450 g/mol. The van der Waals surface area contributed by atoms with E-state index in [4.69, 9.17) is 0 Å². The maximum absolute atomic E-state index is 12.5. The summed E-state index contributed by atoms with van der Waals surface area (Å²) in [5.74, 6) is 0.948. The lowest BCUT2D eigenvalue weighted by atomic mass is 9.96. The number of nitrogens with zero attached hydrogens (tertiary/aromatic N) is 3. The van der Waals surface area contributed by atoms with Gasteiger partial charge in [-0.3, -0.25) is 9.79 Å². The SMILES string of the molecule is CN=C(NCc1cccs1)N1CC(=O)N(C(C)C)C(C)(C)C1.I. The quantitative estimate of drug-likeness (QED) is 0.438. The van der Waals surface area contributed by atoms with Crippen LogP contribution in [0.3, 0.4) is 0 Å². The predicted octanol–water partition coefficient (Wildman–Crippen LogP) is 2.77. The third-order valence-corrected chi connectivity index (χ3v) is 4.73. The van der Waals surface area contributed by atoms with E-state index in [9.17, 15) is 4.79 Å². The molecule has 1 N–H and O–H groups in total. The van der Waals surface area contributed by atoms with Gasteiger partial charge in [-0.2, -0.15) is 0 Å². The van der Waals surface area contributed by atoms with E-state index in [1.807, 2.05) is 11.0 Å². The Morgan fingerprint density at radius 1 is 1.48 bits per heavy atom. The van der Waals surface area contributed by atoms with Crippen molar-refractivity contribution in [3.05, 3.63) is 22.4 Å². The molecule has 1 aromatic heterocycles. The van der Waals surface area contributed by atoms with Crippen molar-refractivity contribution in [2.45, 2.75) is 45.8 Å². The highest BCUT2D eigenvalue weighted by Crippen LogP contribution is 2.24. The summed E-state index contributed by atoms with van der Waals surface area (Å²) in [6, 6.07) is 4.35. The van der Waals surface area contributed by atoms with Crippen molar-refractivity contribution in [1.29, 1.82) is 0 Å². The molecule has 0 spiro atoms. The van der Waals surface area contributed by atoms with E-state index in [0.29, 0.717) is 6.54 Å². The summed E-state index contributed by atoms with van der Waals surface area (Å²) >= 11 is 1.72. The summed E-state index contributed by atoms with van der Waals surface area (Å²) in [6.07, 6.45) is 0. The first-order valence-electron chi connectivity index (χ1n) is 7.65. The number of piperazine rings is 1. The van der Waals surface area contributed by atoms with E-state index in [0.717, 1.165) is 19.0 Å². The number of aliphatic imine (C=N–C) groups is 1. The molecule has 1 saturated heterocycles. The molecule has 0 atom stereocenters. The van der Waals surface area contributed by atoms with Gasteiger partial charge in [0.2, 0.25) is 5.91 Å². The predicted molar refractivity (Wildman–Crippen MR) is 108 cm³/mol. The fourth-order valence-corrected chi connectivity index (χ4v) is 3.87. The Balaban J connectivity index is 0.00000264. The van der Waals surface area contributed by atoms with Crippen LogP contribution in [-0.4, -0.2) is 53.4 Å². The number of amides is 1. The van der Waals surface area contributed by atoms with Crippen LogP contribution in [0.25, 0.3) is 0 Å². The van der Waals surface area contributed by atoms with Crippen LogP contribution < -0.4 is 5.32 Å². The topological polar surface area (TPSA) is 47.9 Å². The molecule has 0 bridgehead atoms. The van der Waals surface area contributed by atoms with E-state index in [-0.39, 0.29) is 41.5 Å². The third kappa shape index (κ3) is 4.82. The largest absolute Gasteiger partial charge is 0.351 e. The summed E-state index contributed by atoms with van der Waals surface area (Å²) in [6.45, 7) is 10.3. The van der Waals surface area contributed by atoms with Crippen LogP contribution in [0.4, 0.5) is 0 Å². The number of guanidine groups is 1. The highest BCUT2D eigenvalue weighted by atomic mass is 127. The number of thiophene rings is 1. The molecule has 1 aromatic rings. The molecule has 0 aromatic carbocycles. The lowest BCUT2D eigenvalue weighted by Crippen LogP contribution is -2.66. The molecule has 130 valence electrons. The number of hydrogen-bond acceptors (Lipinski definition) is 3. The molecule has 2 heterocycles. The maximum Gasteiger partial charge on any atom is 0.242 e. The third-order valence-electron chi connectivity index (χ3n) is 3.85. The van der Waals surface area contributed by atoms with Crippen LogP contribution in [0.5, 0.6) is 0 Å². The molecule has 0 aliphatic carbocycles. The molecule has 0 unspecified atom stereocenters. The van der Waals surface area contributed by atoms with Crippen molar-refractivity contribution in [2.24, 2.45) is 4.99 Å². The maximum atomic E-state index is 12.5. The van der Waals surface area contributed by atoms with Crippen LogP contribution in [0.1, 0.15) is 32.6 Å². The highest BCUT2D eigenvalue weighted by molar-refractivity contribution is 14.0. The number of carbonyl (C=O) groups excluding carboxylic acids is 1. The summed E-state index contributed by atoms with van der Waals surface area (Å²) in [7, 11) is 1.77. The van der Waals surface area contributed by atoms with Crippen LogP contribution in [-0.2, 0) is 11.3 Å². The minimum atomic E-state index is -0.204. The minimum Gasteiger partial charge on any atom is -0.351 e. The minimum absolute atomic E-state index is 0. The van der Waals surface area contributed by atoms with Crippen molar-refractivity contribution in [3.8, 4) is 0 Å². The zero-order valence-corrected chi connectivity index (χ0v) is 17.6. The van der Waals surface area contributed by atoms with Crippen LogP contribution in [0.2, 0.25) is 0 Å². The molecule has 1 aliphatic heterocycles. The summed E-state index contributed by atoms with van der Waals surface area (Å²) < 4.78 is 0. The van der Waals surface area contributed by atoms with Crippen molar-refractivity contribution in [1.82, 2.24) is 15.1 Å². The molecule has 5 nitrogen and oxygen atoms in total. The molecule has 0 saturated carbocycles. The zero-order chi connectivity index (χ0) is 16.3. The lowest BCUT2D eigenvalue weighted by molar-refractivity contribution is -0.145. The Morgan fingerprint density at radius 3 is 2.65 bits per heavy atom. The van der Waals surface area contributed by atoms with Gasteiger partial charge in [-0.25, -0.2) is 0 Å². The summed E-state index contributed by atoms with van der Waals surface area (Å²) in [5, 5.41) is 5.42. The number of halogens is 1. The van der Waals surface area contributed by atoms with Crippen molar-refractivity contribution in [2.75, 3.05) is 20.1 Å². The molecular weight excluding hydrogens is 423 g/mol. The molecule has 1 amide bonds. The summed E-state index contributed by atoms with van der Waals surface area (Å²) in [4.78, 5) is 22.2. The van der Waals surface area contributed by atoms with E-state index >= 15 is 0 Å². The second-order valence-corrected chi connectivity index (χ2v) is 7.54. The van der Waals surface area contributed by atoms with Crippen LogP contribution >= 0.6 is 35.3 Å². The van der Waals surface area contributed by atoms with Gasteiger partial charge in [-0.05, 0) is 39.1 Å². The average molecular weight is 450 g/mol. The fraction of sp³-hybridized carbons (Fsp3) is 0.625. The Labute approximate surface area is 160 Å². The molecule has 0 radical (unpaired) electrons. The standard InChI is InChI=1S/C16H26N4OS.HI/c1-12(2)20-14(21)10-19(11-16(20,3)4)15(17-5)18-9-13-7-6-8-22-13;/h6-8,12H,9-11H2,1-5H3,(H,17,18);1H. The smallest absolute Gasteiger partial charge is 0.242 e. The Kier molecular flexibility index (Phi) is 7.31. The van der Waals surface area contributed by atoms with Crippen molar-refractivity contribution >= 4 is 47.2 Å². The van der Waals surface area contributed by atoms with Gasteiger partial charge in [-0.1, -0.05) is 6.07 Å². The van der Waals surface area contributed by atoms with Gasteiger partial charge in [0.1, 0.15) is 0 Å². The molecular formula is C16H27IN4OS. The van der Waals surface area contributed by atoms with Crippen molar-refractivity contribution in [3.63, 3.8) is 0 Å². The second kappa shape index (κ2) is 8.32. The Hall–Kier alpha value is -0.830. The van der Waals surface area contributed by atoms with Gasteiger partial charge in [0, 0.05) is 24.5 Å². The van der Waals surface area contributed by atoms with E-state index in [1.54, 1.807) is 18.4 Å². The van der Waals surface area contributed by atoms with Crippen LogP contribution in [0, 0.1) is 0 Å². The Bertz CT molecular complexity index is 542. The number of rotatable bonds is 3. The highest BCUT2D eigenvalue weighted by Gasteiger charge is 2.40. The molecule has 1 aliphatic rings. The van der Waals surface area contributed by atoms with Crippen molar-refractivity contribution < 1.29 is 4.79 Å². The lowest BCUT2D eigenvalue weighted by Gasteiger charge is -2.49. The van der Waals surface area contributed by atoms with Gasteiger partial charge in [0.15, 0.2) is 5.96 Å². The van der Waals surface area contributed by atoms with Gasteiger partial charge >= 0.3 is 0 Å². The fourth-order valence-electron chi connectivity index (χ4n) is 3.22. The number of carbonyl (C=O) groups is 1. The van der Waals surface area contributed by atoms with E-state index < -0.39 is 0 Å². The van der Waals surface area contributed by atoms with Gasteiger partial charge in [-0.15, -0.1) is 35.3 Å². The van der Waals surface area contributed by atoms with Gasteiger partial charge in [0.25, 0.3) is 0 Å². The average Bonchev–Trinajstić information content (AvgIpc) is 2.90. The molecule has 1 fully saturated rings.